The molecule has 3 aromatic carbocycles. The molecular formula is C24H22Cl2N4. The van der Waals surface area contributed by atoms with Gasteiger partial charge in [-0.25, -0.2) is 0 Å². The summed E-state index contributed by atoms with van der Waals surface area (Å²) in [5, 5.41) is 14.3. The van der Waals surface area contributed by atoms with E-state index < -0.39 is 0 Å². The highest BCUT2D eigenvalue weighted by Crippen LogP contribution is 2.26. The van der Waals surface area contributed by atoms with E-state index in [9.17, 15) is 0 Å². The van der Waals surface area contributed by atoms with Crippen LogP contribution in [0.5, 0.6) is 0 Å². The Labute approximate surface area is 186 Å². The second-order valence-corrected chi connectivity index (χ2v) is 7.92. The van der Waals surface area contributed by atoms with E-state index in [1.807, 2.05) is 66.7 Å². The molecule has 30 heavy (non-hydrogen) atoms. The van der Waals surface area contributed by atoms with Crippen molar-refractivity contribution in [3.8, 4) is 11.3 Å². The van der Waals surface area contributed by atoms with Crippen LogP contribution in [0.15, 0.2) is 78.9 Å². The lowest BCUT2D eigenvalue weighted by molar-refractivity contribution is 0.547. The van der Waals surface area contributed by atoms with Gasteiger partial charge < -0.3 is 5.32 Å². The first kappa shape index (κ1) is 20.6. The minimum Gasteiger partial charge on any atom is -0.304 e. The molecule has 1 atom stereocenters. The van der Waals surface area contributed by atoms with Crippen molar-refractivity contribution in [3.63, 3.8) is 0 Å². The van der Waals surface area contributed by atoms with E-state index in [-0.39, 0.29) is 6.04 Å². The molecule has 4 rings (SSSR count). The van der Waals surface area contributed by atoms with Crippen LogP contribution in [0.4, 0.5) is 0 Å². The first-order valence-electron chi connectivity index (χ1n) is 9.82. The Bertz CT molecular complexity index is 1090. The number of hydrogen-bond donors (Lipinski definition) is 1. The zero-order valence-corrected chi connectivity index (χ0v) is 18.1. The second-order valence-electron chi connectivity index (χ2n) is 7.11. The normalized spacial score (nSPS) is 12.1. The summed E-state index contributed by atoms with van der Waals surface area (Å²) in [6.45, 7) is 3.15. The summed E-state index contributed by atoms with van der Waals surface area (Å²) in [5.74, 6) is 0. The van der Waals surface area contributed by atoms with Crippen LogP contribution in [-0.4, -0.2) is 15.0 Å². The molecule has 0 amide bonds. The third-order valence-electron chi connectivity index (χ3n) is 5.01. The van der Waals surface area contributed by atoms with Gasteiger partial charge in [-0.3, -0.25) is 0 Å². The van der Waals surface area contributed by atoms with E-state index in [1.165, 1.54) is 5.56 Å². The smallest absolute Gasteiger partial charge is 0.117 e. The fraction of sp³-hybridized carbons (Fsp3) is 0.167. The van der Waals surface area contributed by atoms with Crippen LogP contribution in [0.1, 0.15) is 29.8 Å². The van der Waals surface area contributed by atoms with Crippen molar-refractivity contribution in [3.05, 3.63) is 106 Å². The average molecular weight is 437 g/mol. The maximum atomic E-state index is 6.35. The molecule has 0 fully saturated rings. The van der Waals surface area contributed by atoms with Crippen LogP contribution in [0.2, 0.25) is 10.0 Å². The zero-order chi connectivity index (χ0) is 20.9. The van der Waals surface area contributed by atoms with Gasteiger partial charge in [-0.15, -0.1) is 0 Å². The van der Waals surface area contributed by atoms with Crippen LogP contribution < -0.4 is 5.32 Å². The molecule has 0 aliphatic heterocycles. The Kier molecular flexibility index (Phi) is 6.48. The van der Waals surface area contributed by atoms with Gasteiger partial charge >= 0.3 is 0 Å². The summed E-state index contributed by atoms with van der Waals surface area (Å²) in [4.78, 5) is 1.67. The molecule has 152 valence electrons. The van der Waals surface area contributed by atoms with Gasteiger partial charge in [0, 0.05) is 33.8 Å². The van der Waals surface area contributed by atoms with E-state index in [1.54, 1.807) is 4.80 Å². The molecule has 0 aliphatic rings. The standard InChI is InChI=1S/C24H22Cl2N4/c1-17(18-9-4-2-5-10-18)27-15-23-24(19-11-6-3-7-12-19)29-30(28-23)16-20-21(25)13-8-14-22(20)26/h2-14,17,27H,15-16H2,1H3/t17-/m0/s1. The van der Waals surface area contributed by atoms with Gasteiger partial charge in [0.15, 0.2) is 0 Å². The summed E-state index contributed by atoms with van der Waals surface area (Å²) < 4.78 is 0. The van der Waals surface area contributed by atoms with Gasteiger partial charge in [-0.05, 0) is 24.6 Å². The van der Waals surface area contributed by atoms with Gasteiger partial charge in [-0.2, -0.15) is 15.0 Å². The summed E-state index contributed by atoms with van der Waals surface area (Å²) in [7, 11) is 0. The van der Waals surface area contributed by atoms with Crippen LogP contribution in [0.3, 0.4) is 0 Å². The number of benzene rings is 3. The predicted octanol–water partition coefficient (Wildman–Crippen LogP) is 6.15. The third kappa shape index (κ3) is 4.73. The van der Waals surface area contributed by atoms with Crippen molar-refractivity contribution in [1.29, 1.82) is 0 Å². The quantitative estimate of drug-likeness (QED) is 0.377. The molecule has 4 nitrogen and oxygen atoms in total. The molecule has 1 aromatic heterocycles. The molecule has 0 saturated heterocycles. The van der Waals surface area contributed by atoms with Crippen LogP contribution in [0, 0.1) is 0 Å². The molecule has 1 heterocycles. The molecule has 6 heteroatoms. The number of nitrogens with one attached hydrogen (secondary N) is 1. The minimum absolute atomic E-state index is 0.193. The molecule has 0 radical (unpaired) electrons. The molecule has 0 aliphatic carbocycles. The second kappa shape index (κ2) is 9.43. The van der Waals surface area contributed by atoms with Crippen LogP contribution in [0.25, 0.3) is 11.3 Å². The fourth-order valence-electron chi connectivity index (χ4n) is 3.33. The lowest BCUT2D eigenvalue weighted by Gasteiger charge is -2.13. The van der Waals surface area contributed by atoms with Gasteiger partial charge in [-0.1, -0.05) is 89.9 Å². The molecule has 4 aromatic rings. The van der Waals surface area contributed by atoms with Crippen molar-refractivity contribution in [2.45, 2.75) is 26.1 Å². The van der Waals surface area contributed by atoms with Gasteiger partial charge in [0.1, 0.15) is 11.4 Å². The Hall–Kier alpha value is -2.66. The number of rotatable bonds is 7. The van der Waals surface area contributed by atoms with Crippen molar-refractivity contribution >= 4 is 23.2 Å². The van der Waals surface area contributed by atoms with Crippen molar-refractivity contribution in [2.24, 2.45) is 0 Å². The summed E-state index contributed by atoms with van der Waals surface area (Å²) in [6, 6.07) is 26.1. The van der Waals surface area contributed by atoms with Crippen molar-refractivity contribution in [1.82, 2.24) is 20.3 Å². The van der Waals surface area contributed by atoms with Gasteiger partial charge in [0.05, 0.1) is 6.54 Å². The maximum absolute atomic E-state index is 6.35. The van der Waals surface area contributed by atoms with Gasteiger partial charge in [0.25, 0.3) is 0 Å². The zero-order valence-electron chi connectivity index (χ0n) is 16.6. The van der Waals surface area contributed by atoms with Gasteiger partial charge in [0.2, 0.25) is 0 Å². The first-order valence-corrected chi connectivity index (χ1v) is 10.6. The Balaban J connectivity index is 1.61. The number of nitrogens with zero attached hydrogens (tertiary/aromatic N) is 3. The number of hydrogen-bond acceptors (Lipinski definition) is 3. The lowest BCUT2D eigenvalue weighted by Crippen LogP contribution is -2.19. The molecule has 0 spiro atoms. The average Bonchev–Trinajstić information content (AvgIpc) is 3.19. The van der Waals surface area contributed by atoms with E-state index in [4.69, 9.17) is 33.4 Å². The molecule has 1 N–H and O–H groups in total. The summed E-state index contributed by atoms with van der Waals surface area (Å²) in [5.41, 5.74) is 4.80. The van der Waals surface area contributed by atoms with Crippen molar-refractivity contribution in [2.75, 3.05) is 0 Å². The fourth-order valence-corrected chi connectivity index (χ4v) is 3.84. The van der Waals surface area contributed by atoms with Crippen molar-refractivity contribution < 1.29 is 0 Å². The number of aromatic nitrogens is 3. The SMILES string of the molecule is C[C@H](NCc1nn(Cc2c(Cl)cccc2Cl)nc1-c1ccccc1)c1ccccc1. The topological polar surface area (TPSA) is 42.7 Å². The molecule has 0 unspecified atom stereocenters. The molecular weight excluding hydrogens is 415 g/mol. The summed E-state index contributed by atoms with van der Waals surface area (Å²) in [6.07, 6.45) is 0. The third-order valence-corrected chi connectivity index (χ3v) is 5.72. The largest absolute Gasteiger partial charge is 0.304 e. The van der Waals surface area contributed by atoms with E-state index >= 15 is 0 Å². The monoisotopic (exact) mass is 436 g/mol. The first-order chi connectivity index (χ1) is 14.6. The molecule has 0 saturated carbocycles. The Morgan fingerprint density at radius 3 is 2.13 bits per heavy atom. The van der Waals surface area contributed by atoms with Crippen LogP contribution >= 0.6 is 23.2 Å². The number of halogens is 2. The minimum atomic E-state index is 0.193. The van der Waals surface area contributed by atoms with E-state index in [0.29, 0.717) is 23.1 Å². The lowest BCUT2D eigenvalue weighted by atomic mass is 10.1. The Morgan fingerprint density at radius 2 is 1.47 bits per heavy atom. The highest BCUT2D eigenvalue weighted by atomic mass is 35.5. The maximum Gasteiger partial charge on any atom is 0.117 e. The summed E-state index contributed by atoms with van der Waals surface area (Å²) >= 11 is 12.7. The molecule has 0 bridgehead atoms. The van der Waals surface area contributed by atoms with Crippen LogP contribution in [-0.2, 0) is 13.1 Å². The predicted molar refractivity (Wildman–Crippen MR) is 123 cm³/mol. The van der Waals surface area contributed by atoms with E-state index in [2.05, 4.69) is 24.4 Å². The Morgan fingerprint density at radius 1 is 0.833 bits per heavy atom. The highest BCUT2D eigenvalue weighted by molar-refractivity contribution is 6.35. The highest BCUT2D eigenvalue weighted by Gasteiger charge is 2.16. The van der Waals surface area contributed by atoms with E-state index in [0.717, 1.165) is 22.5 Å².